The minimum atomic E-state index is -1.03. The van der Waals surface area contributed by atoms with E-state index in [2.05, 4.69) is 0 Å². The Morgan fingerprint density at radius 1 is 1.50 bits per heavy atom. The first-order valence-electron chi connectivity index (χ1n) is 7.10. The van der Waals surface area contributed by atoms with E-state index in [1.165, 1.54) is 4.90 Å². The molecule has 0 aromatic heterocycles. The van der Waals surface area contributed by atoms with E-state index < -0.39 is 5.97 Å². The highest BCUT2D eigenvalue weighted by atomic mass is 19.1. The summed E-state index contributed by atoms with van der Waals surface area (Å²) in [4.78, 5) is 24.2. The minimum absolute atomic E-state index is 0.172. The highest BCUT2D eigenvalue weighted by Gasteiger charge is 2.25. The molecule has 5 nitrogen and oxygen atoms in total. The molecule has 0 fully saturated rings. The molecule has 0 saturated carbocycles. The van der Waals surface area contributed by atoms with Crippen LogP contribution in [0.15, 0.2) is 30.1 Å². The molecule has 0 atom stereocenters. The van der Waals surface area contributed by atoms with Crippen LogP contribution in [-0.4, -0.2) is 41.6 Å². The second-order valence-electron chi connectivity index (χ2n) is 5.10. The predicted octanol–water partition coefficient (Wildman–Crippen LogP) is 2.41. The molecule has 1 amide bonds. The van der Waals surface area contributed by atoms with Crippen molar-refractivity contribution in [3.63, 3.8) is 0 Å². The van der Waals surface area contributed by atoms with Gasteiger partial charge in [-0.15, -0.1) is 0 Å². The Kier molecular flexibility index (Phi) is 5.14. The summed E-state index contributed by atoms with van der Waals surface area (Å²) in [5, 5.41) is 8.79. The summed E-state index contributed by atoms with van der Waals surface area (Å²) < 4.78 is 18.0. The van der Waals surface area contributed by atoms with Gasteiger partial charge in [0.05, 0.1) is 6.33 Å². The summed E-state index contributed by atoms with van der Waals surface area (Å²) in [6.07, 6.45) is 1.70. The fourth-order valence-corrected chi connectivity index (χ4v) is 2.30. The lowest BCUT2D eigenvalue weighted by Crippen LogP contribution is -2.40. The van der Waals surface area contributed by atoms with Crippen LogP contribution in [0.3, 0.4) is 0 Å². The number of nitrogens with zero attached hydrogens (tertiary/aromatic N) is 1. The van der Waals surface area contributed by atoms with E-state index >= 15 is 0 Å². The molecule has 1 aliphatic heterocycles. The van der Waals surface area contributed by atoms with Gasteiger partial charge in [0, 0.05) is 12.1 Å². The van der Waals surface area contributed by atoms with Crippen molar-refractivity contribution in [2.75, 3.05) is 19.7 Å². The van der Waals surface area contributed by atoms with E-state index in [-0.39, 0.29) is 19.1 Å². The number of benzene rings is 1. The number of carbonyl (C=O) groups is 2. The molecule has 0 aliphatic carbocycles. The van der Waals surface area contributed by atoms with E-state index in [0.29, 0.717) is 42.6 Å². The van der Waals surface area contributed by atoms with Crippen molar-refractivity contribution in [2.24, 2.45) is 0 Å². The third kappa shape index (κ3) is 3.63. The lowest BCUT2D eigenvalue weighted by molar-refractivity contribution is -0.137. The Morgan fingerprint density at radius 3 is 2.91 bits per heavy atom. The Balaban J connectivity index is 2.10. The smallest absolute Gasteiger partial charge is 0.323 e. The minimum Gasteiger partial charge on any atom is -0.489 e. The monoisotopic (exact) mass is 307 g/mol. The maximum atomic E-state index is 12.5. The van der Waals surface area contributed by atoms with Crippen molar-refractivity contribution < 1.29 is 23.8 Å². The zero-order valence-electron chi connectivity index (χ0n) is 12.3. The van der Waals surface area contributed by atoms with Crippen LogP contribution in [0, 0.1) is 0 Å². The lowest BCUT2D eigenvalue weighted by atomic mass is 9.98. The topological polar surface area (TPSA) is 66.8 Å². The molecule has 6 heteroatoms. The molecule has 0 saturated heterocycles. The van der Waals surface area contributed by atoms with Gasteiger partial charge in [-0.25, -0.2) is 4.39 Å². The average molecular weight is 307 g/mol. The van der Waals surface area contributed by atoms with Crippen molar-refractivity contribution in [2.45, 2.75) is 19.8 Å². The van der Waals surface area contributed by atoms with Gasteiger partial charge in [-0.05, 0) is 42.2 Å². The first-order valence-corrected chi connectivity index (χ1v) is 7.10. The van der Waals surface area contributed by atoms with Gasteiger partial charge in [0.1, 0.15) is 18.9 Å². The molecule has 1 aliphatic rings. The van der Waals surface area contributed by atoms with E-state index in [4.69, 9.17) is 9.84 Å². The van der Waals surface area contributed by atoms with Crippen molar-refractivity contribution in [1.29, 1.82) is 0 Å². The molecule has 1 heterocycles. The maximum Gasteiger partial charge on any atom is 0.323 e. The standard InChI is InChI=1S/C16H18FNO4/c1-2-11(8-17)10-22-13-3-4-14-12(7-13)5-6-18(16(14)21)9-15(19)20/h3-4,7-8H,2,5-6,9-10H2,1H3,(H,19,20)/b11-8-. The average Bonchev–Trinajstić information content (AvgIpc) is 2.51. The number of hydrogen-bond donors (Lipinski definition) is 1. The second-order valence-corrected chi connectivity index (χ2v) is 5.10. The Hall–Kier alpha value is -2.37. The first kappa shape index (κ1) is 16.0. The zero-order valence-corrected chi connectivity index (χ0v) is 12.3. The van der Waals surface area contributed by atoms with Gasteiger partial charge in [0.2, 0.25) is 0 Å². The number of fused-ring (bicyclic) bond motifs is 1. The van der Waals surface area contributed by atoms with E-state index in [9.17, 15) is 14.0 Å². The summed E-state index contributed by atoms with van der Waals surface area (Å²) in [7, 11) is 0. The molecular formula is C16H18FNO4. The molecule has 0 bridgehead atoms. The van der Waals surface area contributed by atoms with E-state index in [0.717, 1.165) is 5.56 Å². The van der Waals surface area contributed by atoms with Gasteiger partial charge in [0.25, 0.3) is 5.91 Å². The Morgan fingerprint density at radius 2 is 2.27 bits per heavy atom. The van der Waals surface area contributed by atoms with Crippen molar-refractivity contribution >= 4 is 11.9 Å². The van der Waals surface area contributed by atoms with Gasteiger partial charge in [-0.2, -0.15) is 0 Å². The van der Waals surface area contributed by atoms with Crippen LogP contribution >= 0.6 is 0 Å². The Bertz CT molecular complexity index is 612. The quantitative estimate of drug-likeness (QED) is 0.876. The molecule has 0 spiro atoms. The fourth-order valence-electron chi connectivity index (χ4n) is 2.30. The number of ether oxygens (including phenoxy) is 1. The van der Waals surface area contributed by atoms with Crippen LogP contribution in [0.5, 0.6) is 5.75 Å². The summed E-state index contributed by atoms with van der Waals surface area (Å²) in [6, 6.07) is 5.04. The predicted molar refractivity (Wildman–Crippen MR) is 78.7 cm³/mol. The number of aliphatic carboxylic acids is 1. The van der Waals surface area contributed by atoms with Gasteiger partial charge >= 0.3 is 5.97 Å². The fraction of sp³-hybridized carbons (Fsp3) is 0.375. The number of carboxylic acid groups (broad SMARTS) is 1. The molecule has 0 unspecified atom stereocenters. The normalized spacial score (nSPS) is 14.7. The third-order valence-electron chi connectivity index (χ3n) is 3.60. The number of halogens is 1. The molecule has 1 N–H and O–H groups in total. The van der Waals surface area contributed by atoms with Crippen LogP contribution in [0.25, 0.3) is 0 Å². The molecule has 0 radical (unpaired) electrons. The van der Waals surface area contributed by atoms with Gasteiger partial charge in [-0.1, -0.05) is 6.92 Å². The molecule has 1 aromatic carbocycles. The third-order valence-corrected chi connectivity index (χ3v) is 3.60. The Labute approximate surface area is 128 Å². The number of rotatable bonds is 6. The van der Waals surface area contributed by atoms with E-state index in [1.807, 2.05) is 6.92 Å². The first-order chi connectivity index (χ1) is 10.5. The second kappa shape index (κ2) is 7.06. The highest BCUT2D eigenvalue weighted by Crippen LogP contribution is 2.24. The summed E-state index contributed by atoms with van der Waals surface area (Å²) >= 11 is 0. The molecule has 2 rings (SSSR count). The van der Waals surface area contributed by atoms with E-state index in [1.54, 1.807) is 18.2 Å². The van der Waals surface area contributed by atoms with Crippen LogP contribution in [0.4, 0.5) is 4.39 Å². The lowest BCUT2D eigenvalue weighted by Gasteiger charge is -2.27. The van der Waals surface area contributed by atoms with Gasteiger partial charge in [-0.3, -0.25) is 9.59 Å². The zero-order chi connectivity index (χ0) is 16.1. The molecule has 22 heavy (non-hydrogen) atoms. The van der Waals surface area contributed by atoms with Crippen molar-refractivity contribution in [3.05, 3.63) is 41.2 Å². The highest BCUT2D eigenvalue weighted by molar-refractivity contribution is 5.98. The largest absolute Gasteiger partial charge is 0.489 e. The SMILES string of the molecule is CC/C(=C/F)COc1ccc2c(c1)CCN(CC(=O)O)C2=O. The van der Waals surface area contributed by atoms with Crippen molar-refractivity contribution in [1.82, 2.24) is 4.90 Å². The van der Waals surface area contributed by atoms with Gasteiger partial charge < -0.3 is 14.7 Å². The summed E-state index contributed by atoms with van der Waals surface area (Å²) in [6.45, 7) is 2.09. The van der Waals surface area contributed by atoms with Crippen LogP contribution in [0.2, 0.25) is 0 Å². The maximum absolute atomic E-state index is 12.5. The number of carbonyl (C=O) groups excluding carboxylic acids is 1. The molecule has 118 valence electrons. The summed E-state index contributed by atoms with van der Waals surface area (Å²) in [5.41, 5.74) is 1.88. The molecular weight excluding hydrogens is 289 g/mol. The van der Waals surface area contributed by atoms with Crippen LogP contribution in [-0.2, 0) is 11.2 Å². The number of carboxylic acids is 1. The van der Waals surface area contributed by atoms with Gasteiger partial charge in [0.15, 0.2) is 0 Å². The van der Waals surface area contributed by atoms with Crippen LogP contribution in [0.1, 0.15) is 29.3 Å². The number of amides is 1. The van der Waals surface area contributed by atoms with Crippen molar-refractivity contribution in [3.8, 4) is 5.75 Å². The molecule has 1 aromatic rings. The number of hydrogen-bond acceptors (Lipinski definition) is 3. The summed E-state index contributed by atoms with van der Waals surface area (Å²) in [5.74, 6) is -0.735. The van der Waals surface area contributed by atoms with Crippen LogP contribution < -0.4 is 4.74 Å².